The van der Waals surface area contributed by atoms with Crippen molar-refractivity contribution < 1.29 is 23.1 Å². The second-order valence-electron chi connectivity index (χ2n) is 5.23. The van der Waals surface area contributed by atoms with Crippen molar-refractivity contribution in [1.82, 2.24) is 14.5 Å². The summed E-state index contributed by atoms with van der Waals surface area (Å²) in [5.41, 5.74) is 0. The lowest BCUT2D eigenvalue weighted by Gasteiger charge is -2.16. The van der Waals surface area contributed by atoms with Crippen molar-refractivity contribution in [3.05, 3.63) is 21.9 Å². The van der Waals surface area contributed by atoms with E-state index in [2.05, 4.69) is 5.32 Å². The Morgan fingerprint density at radius 3 is 2.65 bits per heavy atom. The number of imide groups is 1. The Morgan fingerprint density at radius 1 is 1.43 bits per heavy atom. The van der Waals surface area contributed by atoms with Crippen LogP contribution in [0.15, 0.2) is 12.1 Å². The fraction of sp³-hybridized carbons (Fsp3) is 0.538. The molecule has 2 heterocycles. The number of carbonyl (C=O) groups excluding carboxylic acids is 2. The van der Waals surface area contributed by atoms with Gasteiger partial charge in [-0.15, -0.1) is 11.3 Å². The molecule has 1 aliphatic heterocycles. The van der Waals surface area contributed by atoms with E-state index in [9.17, 15) is 23.1 Å². The maximum atomic E-state index is 12.0. The van der Waals surface area contributed by atoms with Crippen LogP contribution in [0.1, 0.15) is 22.8 Å². The van der Waals surface area contributed by atoms with E-state index in [1.807, 2.05) is 12.1 Å². The highest BCUT2D eigenvalue weighted by atomic mass is 32.2. The summed E-state index contributed by atoms with van der Waals surface area (Å²) >= 11 is 1.46. The topological polar surface area (TPSA) is 107 Å². The fourth-order valence-corrected chi connectivity index (χ4v) is 3.90. The highest BCUT2D eigenvalue weighted by molar-refractivity contribution is 7.88. The van der Waals surface area contributed by atoms with Crippen molar-refractivity contribution in [3.63, 3.8) is 0 Å². The zero-order valence-electron chi connectivity index (χ0n) is 12.9. The summed E-state index contributed by atoms with van der Waals surface area (Å²) in [4.78, 5) is 26.6. The lowest BCUT2D eigenvalue weighted by molar-refractivity contribution is 0.194. The van der Waals surface area contributed by atoms with Gasteiger partial charge < -0.3 is 10.4 Å². The lowest BCUT2D eigenvalue weighted by atomic mass is 10.3. The number of urea groups is 2. The van der Waals surface area contributed by atoms with Crippen LogP contribution in [0, 0.1) is 0 Å². The molecule has 2 rings (SSSR count). The molecule has 1 unspecified atom stereocenters. The standard InChI is InChI=1S/C13H19N3O5S2/c1-9(17)11-4-3-10(22-11)5-6-14-12(18)15-7-8-16(13(15)19)23(2,20)21/h3-4,9,17H,5-8H2,1-2H3,(H,14,18). The number of thiophene rings is 1. The van der Waals surface area contributed by atoms with E-state index in [1.165, 1.54) is 11.3 Å². The number of carbonyl (C=O) groups is 2. The van der Waals surface area contributed by atoms with Gasteiger partial charge in [-0.2, -0.15) is 0 Å². The SMILES string of the molecule is CC(O)c1ccc(CCNC(=O)N2CCN(S(C)(=O)=O)C2=O)s1. The first-order valence-electron chi connectivity index (χ1n) is 7.04. The third-order valence-corrected chi connectivity index (χ3v) is 5.81. The Kier molecular flexibility index (Phi) is 5.27. The molecule has 0 aromatic carbocycles. The van der Waals surface area contributed by atoms with Crippen molar-refractivity contribution in [3.8, 4) is 0 Å². The molecule has 1 saturated heterocycles. The predicted octanol–water partition coefficient (Wildman–Crippen LogP) is 0.751. The third kappa shape index (κ3) is 4.21. The van der Waals surface area contributed by atoms with E-state index >= 15 is 0 Å². The molecule has 0 saturated carbocycles. The summed E-state index contributed by atoms with van der Waals surface area (Å²) in [6, 6.07) is 2.29. The zero-order chi connectivity index (χ0) is 17.2. The van der Waals surface area contributed by atoms with Crippen LogP contribution in [-0.2, 0) is 16.4 Å². The second-order valence-corrected chi connectivity index (χ2v) is 8.34. The predicted molar refractivity (Wildman–Crippen MR) is 85.7 cm³/mol. The average molecular weight is 361 g/mol. The number of nitrogens with one attached hydrogen (secondary N) is 1. The minimum absolute atomic E-state index is 0.0201. The third-order valence-electron chi connectivity index (χ3n) is 3.36. The number of aliphatic hydroxyl groups excluding tert-OH is 1. The number of hydrogen-bond donors (Lipinski definition) is 2. The maximum absolute atomic E-state index is 12.0. The molecular formula is C13H19N3O5S2. The Morgan fingerprint density at radius 2 is 2.13 bits per heavy atom. The van der Waals surface area contributed by atoms with Crippen LogP contribution in [0.25, 0.3) is 0 Å². The van der Waals surface area contributed by atoms with Crippen molar-refractivity contribution in [2.75, 3.05) is 25.9 Å². The van der Waals surface area contributed by atoms with E-state index in [4.69, 9.17) is 0 Å². The summed E-state index contributed by atoms with van der Waals surface area (Å²) in [5.74, 6) is 0. The molecular weight excluding hydrogens is 342 g/mol. The van der Waals surface area contributed by atoms with Crippen LogP contribution >= 0.6 is 11.3 Å². The molecule has 8 nitrogen and oxygen atoms in total. The van der Waals surface area contributed by atoms with Crippen molar-refractivity contribution in [2.24, 2.45) is 0 Å². The normalized spacial score (nSPS) is 16.7. The Hall–Kier alpha value is -1.65. The number of nitrogens with zero attached hydrogens (tertiary/aromatic N) is 2. The average Bonchev–Trinajstić information content (AvgIpc) is 3.04. The van der Waals surface area contributed by atoms with Gasteiger partial charge in [-0.05, 0) is 25.5 Å². The molecule has 4 amide bonds. The molecule has 0 spiro atoms. The van der Waals surface area contributed by atoms with E-state index in [0.29, 0.717) is 17.3 Å². The smallest absolute Gasteiger partial charge is 0.341 e. The van der Waals surface area contributed by atoms with E-state index in [-0.39, 0.29) is 13.1 Å². The number of aliphatic hydroxyl groups is 1. The number of hydrogen-bond acceptors (Lipinski definition) is 6. The van der Waals surface area contributed by atoms with Gasteiger partial charge in [0.1, 0.15) is 0 Å². The van der Waals surface area contributed by atoms with Crippen LogP contribution in [0.4, 0.5) is 9.59 Å². The molecule has 0 radical (unpaired) electrons. The largest absolute Gasteiger partial charge is 0.388 e. The van der Waals surface area contributed by atoms with Gasteiger partial charge in [-0.1, -0.05) is 0 Å². The molecule has 0 aliphatic carbocycles. The lowest BCUT2D eigenvalue weighted by Crippen LogP contribution is -2.44. The van der Waals surface area contributed by atoms with Crippen LogP contribution < -0.4 is 5.32 Å². The van der Waals surface area contributed by atoms with Gasteiger partial charge in [0.05, 0.1) is 25.4 Å². The maximum Gasteiger partial charge on any atom is 0.341 e. The van der Waals surface area contributed by atoms with Gasteiger partial charge in [-0.25, -0.2) is 27.2 Å². The first kappa shape index (κ1) is 17.7. The zero-order valence-corrected chi connectivity index (χ0v) is 14.5. The first-order chi connectivity index (χ1) is 10.7. The molecule has 0 bridgehead atoms. The molecule has 23 heavy (non-hydrogen) atoms. The quantitative estimate of drug-likeness (QED) is 0.805. The number of amides is 4. The van der Waals surface area contributed by atoms with Crippen LogP contribution in [-0.4, -0.2) is 60.7 Å². The minimum atomic E-state index is -3.65. The van der Waals surface area contributed by atoms with Crippen LogP contribution in [0.2, 0.25) is 0 Å². The van der Waals surface area contributed by atoms with Gasteiger partial charge in [0.15, 0.2) is 0 Å². The molecule has 1 aromatic heterocycles. The monoisotopic (exact) mass is 361 g/mol. The van der Waals surface area contributed by atoms with Crippen LogP contribution in [0.5, 0.6) is 0 Å². The Balaban J connectivity index is 1.84. The Labute approximate surface area is 138 Å². The van der Waals surface area contributed by atoms with E-state index in [1.54, 1.807) is 6.92 Å². The van der Waals surface area contributed by atoms with Gasteiger partial charge in [-0.3, -0.25) is 0 Å². The molecule has 1 aliphatic rings. The highest BCUT2D eigenvalue weighted by Crippen LogP contribution is 2.23. The van der Waals surface area contributed by atoms with Gasteiger partial charge in [0, 0.05) is 16.3 Å². The summed E-state index contributed by atoms with van der Waals surface area (Å²) in [6.45, 7) is 2.03. The minimum Gasteiger partial charge on any atom is -0.388 e. The summed E-state index contributed by atoms with van der Waals surface area (Å²) in [6.07, 6.45) is 0.983. The van der Waals surface area contributed by atoms with Gasteiger partial charge in [0.2, 0.25) is 10.0 Å². The molecule has 1 fully saturated rings. The summed E-state index contributed by atoms with van der Waals surface area (Å²) < 4.78 is 23.5. The molecule has 2 N–H and O–H groups in total. The first-order valence-corrected chi connectivity index (χ1v) is 9.70. The Bertz CT molecular complexity index is 698. The van der Waals surface area contributed by atoms with E-state index in [0.717, 1.165) is 20.9 Å². The summed E-state index contributed by atoms with van der Waals surface area (Å²) in [7, 11) is -3.65. The molecule has 1 atom stereocenters. The molecule has 10 heteroatoms. The van der Waals surface area contributed by atoms with Gasteiger partial charge in [0.25, 0.3) is 0 Å². The summed E-state index contributed by atoms with van der Waals surface area (Å²) in [5, 5.41) is 12.1. The van der Waals surface area contributed by atoms with E-state index < -0.39 is 28.2 Å². The fourth-order valence-electron chi connectivity index (χ4n) is 2.15. The van der Waals surface area contributed by atoms with Crippen molar-refractivity contribution in [1.29, 1.82) is 0 Å². The van der Waals surface area contributed by atoms with Crippen molar-refractivity contribution in [2.45, 2.75) is 19.4 Å². The number of sulfonamides is 1. The van der Waals surface area contributed by atoms with Crippen molar-refractivity contribution >= 4 is 33.4 Å². The second kappa shape index (κ2) is 6.85. The highest BCUT2D eigenvalue weighted by Gasteiger charge is 2.37. The van der Waals surface area contributed by atoms with Crippen LogP contribution in [0.3, 0.4) is 0 Å². The number of rotatable bonds is 5. The molecule has 1 aromatic rings. The van der Waals surface area contributed by atoms with Gasteiger partial charge >= 0.3 is 12.1 Å². The molecule has 128 valence electrons.